The summed E-state index contributed by atoms with van der Waals surface area (Å²) in [6.45, 7) is 3.61. The molecule has 0 spiro atoms. The summed E-state index contributed by atoms with van der Waals surface area (Å²) in [5, 5.41) is 0. The minimum Gasteiger partial charge on any atom is -0.465 e. The van der Waals surface area contributed by atoms with E-state index in [1.54, 1.807) is 31.2 Å². The molecule has 0 amide bonds. The van der Waals surface area contributed by atoms with Gasteiger partial charge in [0.25, 0.3) is 20.0 Å². The molecule has 0 bridgehead atoms. The fourth-order valence-electron chi connectivity index (χ4n) is 3.02. The maximum atomic E-state index is 12.9. The molecule has 0 saturated heterocycles. The fraction of sp³-hybridized carbons (Fsp3) is 0.136. The van der Waals surface area contributed by atoms with Crippen LogP contribution in [0.2, 0.25) is 0 Å². The van der Waals surface area contributed by atoms with Gasteiger partial charge in [-0.05, 0) is 44.2 Å². The molecule has 180 valence electrons. The number of nitrogens with one attached hydrogen (secondary N) is 2. The van der Waals surface area contributed by atoms with Crippen molar-refractivity contribution in [1.29, 1.82) is 0 Å². The number of sulfonamides is 2. The zero-order chi connectivity index (χ0) is 25.3. The molecule has 0 aliphatic carbocycles. The zero-order valence-electron chi connectivity index (χ0n) is 18.6. The molecule has 34 heavy (non-hydrogen) atoms. The number of hydrogen-bond donors (Lipinski definition) is 4. The van der Waals surface area contributed by atoms with E-state index >= 15 is 0 Å². The largest absolute Gasteiger partial charge is 0.465 e. The van der Waals surface area contributed by atoms with Gasteiger partial charge in [-0.15, -0.1) is 0 Å². The lowest BCUT2D eigenvalue weighted by Crippen LogP contribution is -2.20. The van der Waals surface area contributed by atoms with Crippen LogP contribution >= 0.6 is 0 Å². The third-order valence-corrected chi connectivity index (χ3v) is 7.70. The molecule has 0 saturated carbocycles. The van der Waals surface area contributed by atoms with Crippen LogP contribution in [0.1, 0.15) is 21.5 Å². The molecule has 12 heteroatoms. The van der Waals surface area contributed by atoms with Crippen LogP contribution in [0, 0.1) is 13.8 Å². The quantitative estimate of drug-likeness (QED) is 0.281. The third kappa shape index (κ3) is 5.07. The first-order valence-corrected chi connectivity index (χ1v) is 12.8. The summed E-state index contributed by atoms with van der Waals surface area (Å²) in [6.07, 6.45) is 0. The number of rotatable bonds is 7. The lowest BCUT2D eigenvalue weighted by molar-refractivity contribution is 0.0602. The number of benzene rings is 3. The average molecular weight is 505 g/mol. The Morgan fingerprint density at radius 3 is 1.65 bits per heavy atom. The van der Waals surface area contributed by atoms with Gasteiger partial charge >= 0.3 is 5.97 Å². The van der Waals surface area contributed by atoms with Gasteiger partial charge in [0.15, 0.2) is 0 Å². The number of nitrogen functional groups attached to an aromatic ring is 2. The topological polar surface area (TPSA) is 171 Å². The maximum Gasteiger partial charge on any atom is 0.340 e. The first-order valence-electron chi connectivity index (χ1n) is 9.85. The Morgan fingerprint density at radius 1 is 0.765 bits per heavy atom. The van der Waals surface area contributed by atoms with Crippen LogP contribution in [0.25, 0.3) is 0 Å². The van der Waals surface area contributed by atoms with Crippen LogP contribution in [0.4, 0.5) is 22.7 Å². The van der Waals surface area contributed by atoms with Crippen molar-refractivity contribution in [3.8, 4) is 0 Å². The van der Waals surface area contributed by atoms with Crippen molar-refractivity contribution in [2.45, 2.75) is 23.6 Å². The van der Waals surface area contributed by atoms with Crippen molar-refractivity contribution in [3.05, 3.63) is 71.3 Å². The monoisotopic (exact) mass is 504 g/mol. The molecule has 0 fully saturated rings. The molecule has 0 radical (unpaired) electrons. The van der Waals surface area contributed by atoms with E-state index < -0.39 is 26.0 Å². The number of hydrogen-bond acceptors (Lipinski definition) is 8. The van der Waals surface area contributed by atoms with Crippen molar-refractivity contribution in [3.63, 3.8) is 0 Å². The van der Waals surface area contributed by atoms with E-state index in [1.807, 2.05) is 6.92 Å². The maximum absolute atomic E-state index is 12.9. The number of carbonyl (C=O) groups excluding carboxylic acids is 1. The van der Waals surface area contributed by atoms with E-state index in [4.69, 9.17) is 16.2 Å². The molecule has 0 aliphatic heterocycles. The fourth-order valence-corrected chi connectivity index (χ4v) is 5.19. The molecule has 0 aromatic heterocycles. The Bertz CT molecular complexity index is 1450. The zero-order valence-corrected chi connectivity index (χ0v) is 20.2. The molecular formula is C22H24N4O6S2. The predicted octanol–water partition coefficient (Wildman–Crippen LogP) is 2.86. The highest BCUT2D eigenvalue weighted by Gasteiger charge is 2.26. The van der Waals surface area contributed by atoms with Gasteiger partial charge in [0.1, 0.15) is 0 Å². The molecule has 6 N–H and O–H groups in total. The summed E-state index contributed by atoms with van der Waals surface area (Å²) < 4.78 is 60.7. The molecular weight excluding hydrogens is 480 g/mol. The van der Waals surface area contributed by atoms with Gasteiger partial charge in [-0.25, -0.2) is 21.6 Å². The Balaban J connectivity index is 2.09. The Labute approximate surface area is 198 Å². The van der Waals surface area contributed by atoms with E-state index in [0.717, 1.165) is 24.3 Å². The Hall–Kier alpha value is -3.77. The highest BCUT2D eigenvalue weighted by atomic mass is 32.2. The molecule has 3 aromatic carbocycles. The summed E-state index contributed by atoms with van der Waals surface area (Å²) in [4.78, 5) is 12.3. The Morgan fingerprint density at radius 2 is 1.21 bits per heavy atom. The summed E-state index contributed by atoms with van der Waals surface area (Å²) in [6, 6.07) is 13.1. The molecule has 0 aliphatic rings. The highest BCUT2D eigenvalue weighted by Crippen LogP contribution is 2.38. The summed E-state index contributed by atoms with van der Waals surface area (Å²) >= 11 is 0. The predicted molar refractivity (Wildman–Crippen MR) is 131 cm³/mol. The second-order valence-electron chi connectivity index (χ2n) is 7.50. The van der Waals surface area contributed by atoms with E-state index in [-0.39, 0.29) is 38.1 Å². The Kier molecular flexibility index (Phi) is 6.75. The first-order chi connectivity index (χ1) is 15.9. The molecule has 0 unspecified atom stereocenters. The van der Waals surface area contributed by atoms with Crippen molar-refractivity contribution in [2.24, 2.45) is 0 Å². The van der Waals surface area contributed by atoms with Gasteiger partial charge in [-0.3, -0.25) is 9.44 Å². The van der Waals surface area contributed by atoms with Crippen LogP contribution in [-0.4, -0.2) is 29.9 Å². The average Bonchev–Trinajstić information content (AvgIpc) is 2.78. The third-order valence-electron chi connectivity index (χ3n) is 4.96. The van der Waals surface area contributed by atoms with Crippen molar-refractivity contribution in [1.82, 2.24) is 0 Å². The van der Waals surface area contributed by atoms with Crippen molar-refractivity contribution in [2.75, 3.05) is 28.0 Å². The number of ether oxygens (including phenoxy) is 1. The summed E-state index contributed by atoms with van der Waals surface area (Å²) in [5.74, 6) is -0.955. The number of methoxy groups -OCH3 is 1. The van der Waals surface area contributed by atoms with Crippen molar-refractivity contribution < 1.29 is 26.4 Å². The van der Waals surface area contributed by atoms with Gasteiger partial charge in [-0.1, -0.05) is 35.4 Å². The lowest BCUT2D eigenvalue weighted by Gasteiger charge is -2.19. The smallest absolute Gasteiger partial charge is 0.340 e. The number of anilines is 4. The van der Waals surface area contributed by atoms with Crippen molar-refractivity contribution >= 4 is 48.8 Å². The van der Waals surface area contributed by atoms with Crippen LogP contribution in [0.15, 0.2) is 64.4 Å². The van der Waals surface area contributed by atoms with Gasteiger partial charge in [0.05, 0.1) is 45.2 Å². The molecule has 0 heterocycles. The number of nitrogens with two attached hydrogens (primary N) is 2. The van der Waals surface area contributed by atoms with E-state index in [9.17, 15) is 21.6 Å². The van der Waals surface area contributed by atoms with Gasteiger partial charge in [-0.2, -0.15) is 0 Å². The first kappa shape index (κ1) is 24.9. The number of aryl methyl sites for hydroxylation is 2. The van der Waals surface area contributed by atoms with E-state index in [2.05, 4.69) is 9.44 Å². The minimum absolute atomic E-state index is 0.0418. The van der Waals surface area contributed by atoms with Crippen LogP contribution in [0.3, 0.4) is 0 Å². The van der Waals surface area contributed by atoms with Crippen LogP contribution in [0.5, 0.6) is 0 Å². The lowest BCUT2D eigenvalue weighted by atomic mass is 10.1. The second-order valence-corrected chi connectivity index (χ2v) is 10.9. The number of esters is 1. The number of carbonyl (C=O) groups is 1. The molecule has 3 aromatic rings. The van der Waals surface area contributed by atoms with Gasteiger partial charge < -0.3 is 16.2 Å². The normalized spacial score (nSPS) is 11.6. The van der Waals surface area contributed by atoms with E-state index in [1.165, 1.54) is 24.3 Å². The van der Waals surface area contributed by atoms with Gasteiger partial charge in [0.2, 0.25) is 0 Å². The van der Waals surface area contributed by atoms with Crippen LogP contribution in [-0.2, 0) is 24.8 Å². The SMILES string of the molecule is COC(=O)c1cc(NS(=O)(=O)c2ccc(C)cc2)c(N)c(N)c1NS(=O)(=O)c1ccc(C)cc1. The molecule has 0 atom stereocenters. The summed E-state index contributed by atoms with van der Waals surface area (Å²) in [7, 11) is -7.16. The molecule has 3 rings (SSSR count). The van der Waals surface area contributed by atoms with E-state index in [0.29, 0.717) is 0 Å². The second kappa shape index (κ2) is 9.23. The van der Waals surface area contributed by atoms with Gasteiger partial charge in [0, 0.05) is 0 Å². The highest BCUT2D eigenvalue weighted by molar-refractivity contribution is 7.93. The molecule has 10 nitrogen and oxygen atoms in total. The standard InChI is InChI=1S/C22H24N4O6S2/c1-13-4-8-15(9-5-13)33(28,29)25-18-12-17(22(27)32-3)21(20(24)19(18)23)26-34(30,31)16-10-6-14(2)7-11-16/h4-12,25-26H,23-24H2,1-3H3. The summed E-state index contributed by atoms with van der Waals surface area (Å²) in [5.41, 5.74) is 12.3. The minimum atomic E-state index is -4.16. The van der Waals surface area contributed by atoms with Crippen LogP contribution < -0.4 is 20.9 Å².